The molecule has 1 atom stereocenters. The highest BCUT2D eigenvalue weighted by molar-refractivity contribution is 5.85. The third-order valence-corrected chi connectivity index (χ3v) is 3.79. The summed E-state index contributed by atoms with van der Waals surface area (Å²) in [4.78, 5) is 13.7. The van der Waals surface area contributed by atoms with Gasteiger partial charge < -0.3 is 10.6 Å². The number of rotatable bonds is 3. The Morgan fingerprint density at radius 2 is 2.00 bits per heavy atom. The Morgan fingerprint density at radius 1 is 1.40 bits per heavy atom. The second-order valence-corrected chi connectivity index (χ2v) is 5.46. The van der Waals surface area contributed by atoms with Gasteiger partial charge in [0, 0.05) is 18.7 Å². The van der Waals surface area contributed by atoms with Crippen molar-refractivity contribution >= 4 is 18.3 Å². The van der Waals surface area contributed by atoms with Gasteiger partial charge in [-0.2, -0.15) is 0 Å². The van der Waals surface area contributed by atoms with E-state index in [0.29, 0.717) is 19.6 Å². The molecule has 1 heterocycles. The van der Waals surface area contributed by atoms with Crippen molar-refractivity contribution in [3.05, 3.63) is 35.4 Å². The molecule has 0 aliphatic carbocycles. The predicted octanol–water partition coefficient (Wildman–Crippen LogP) is 2.13. The van der Waals surface area contributed by atoms with Gasteiger partial charge in [0.1, 0.15) is 11.6 Å². The summed E-state index contributed by atoms with van der Waals surface area (Å²) < 4.78 is 27.0. The highest BCUT2D eigenvalue weighted by atomic mass is 35.5. The number of benzene rings is 1. The largest absolute Gasteiger partial charge is 0.342 e. The molecule has 1 saturated heterocycles. The van der Waals surface area contributed by atoms with Crippen molar-refractivity contribution < 1.29 is 13.6 Å². The third kappa shape index (κ3) is 3.46. The first-order valence-corrected chi connectivity index (χ1v) is 6.36. The molecule has 2 rings (SSSR count). The molecule has 0 aromatic heterocycles. The maximum absolute atomic E-state index is 13.5. The molecule has 112 valence electrons. The minimum atomic E-state index is -0.672. The fraction of sp³-hybridized carbons (Fsp3) is 0.500. The number of halogens is 3. The zero-order valence-corrected chi connectivity index (χ0v) is 12.2. The number of nitrogens with zero attached hydrogens (tertiary/aromatic N) is 1. The van der Waals surface area contributed by atoms with Gasteiger partial charge in [-0.3, -0.25) is 4.79 Å². The normalized spacial score (nSPS) is 21.7. The predicted molar refractivity (Wildman–Crippen MR) is 75.7 cm³/mol. The van der Waals surface area contributed by atoms with Crippen molar-refractivity contribution in [1.82, 2.24) is 4.90 Å². The van der Waals surface area contributed by atoms with Crippen LogP contribution in [0.2, 0.25) is 0 Å². The summed E-state index contributed by atoms with van der Waals surface area (Å²) in [5.74, 6) is -1.59. The van der Waals surface area contributed by atoms with Crippen LogP contribution in [0.3, 0.4) is 0 Å². The molecule has 6 heteroatoms. The lowest BCUT2D eigenvalue weighted by Gasteiger charge is -2.22. The standard InChI is InChI=1S/C14H18F2N2O.ClH/c1-14(8-17)5-6-18(9-14)13(19)7-10-11(15)3-2-4-12(10)16;/h2-4H,5-9,17H2,1H3;1H. The molecule has 1 aliphatic heterocycles. The first kappa shape index (κ1) is 16.9. The van der Waals surface area contributed by atoms with Gasteiger partial charge in [-0.05, 0) is 30.5 Å². The Labute approximate surface area is 123 Å². The van der Waals surface area contributed by atoms with E-state index in [0.717, 1.165) is 6.42 Å². The topological polar surface area (TPSA) is 46.3 Å². The molecule has 0 bridgehead atoms. The molecule has 1 fully saturated rings. The molecule has 1 unspecified atom stereocenters. The molecule has 1 amide bonds. The van der Waals surface area contributed by atoms with E-state index in [9.17, 15) is 13.6 Å². The zero-order valence-electron chi connectivity index (χ0n) is 11.4. The van der Waals surface area contributed by atoms with Crippen LogP contribution in [0.5, 0.6) is 0 Å². The number of carbonyl (C=O) groups is 1. The van der Waals surface area contributed by atoms with Crippen LogP contribution in [-0.4, -0.2) is 30.4 Å². The van der Waals surface area contributed by atoms with Crippen molar-refractivity contribution in [3.8, 4) is 0 Å². The number of likely N-dealkylation sites (tertiary alicyclic amines) is 1. The molecular weight excluding hydrogens is 286 g/mol. The van der Waals surface area contributed by atoms with E-state index in [1.165, 1.54) is 18.2 Å². The summed E-state index contributed by atoms with van der Waals surface area (Å²) in [6, 6.07) is 3.62. The number of amides is 1. The summed E-state index contributed by atoms with van der Waals surface area (Å²) in [6.07, 6.45) is 0.591. The quantitative estimate of drug-likeness (QED) is 0.930. The fourth-order valence-electron chi connectivity index (χ4n) is 2.37. The SMILES string of the molecule is CC1(CN)CCN(C(=O)Cc2c(F)cccc2F)C1.Cl. The number of carbonyl (C=O) groups excluding carboxylic acids is 1. The second kappa shape index (κ2) is 6.50. The van der Waals surface area contributed by atoms with Crippen molar-refractivity contribution in [2.75, 3.05) is 19.6 Å². The Bertz CT molecular complexity index is 478. The number of hydrogen-bond acceptors (Lipinski definition) is 2. The van der Waals surface area contributed by atoms with E-state index >= 15 is 0 Å². The molecule has 1 aromatic rings. The maximum Gasteiger partial charge on any atom is 0.227 e. The molecule has 1 aromatic carbocycles. The highest BCUT2D eigenvalue weighted by Crippen LogP contribution is 2.29. The van der Waals surface area contributed by atoms with Crippen LogP contribution >= 0.6 is 12.4 Å². The van der Waals surface area contributed by atoms with E-state index < -0.39 is 11.6 Å². The van der Waals surface area contributed by atoms with Crippen LogP contribution < -0.4 is 5.73 Å². The summed E-state index contributed by atoms with van der Waals surface area (Å²) in [5, 5.41) is 0. The van der Waals surface area contributed by atoms with E-state index in [1.807, 2.05) is 6.92 Å². The van der Waals surface area contributed by atoms with Crippen molar-refractivity contribution in [1.29, 1.82) is 0 Å². The minimum absolute atomic E-state index is 0. The highest BCUT2D eigenvalue weighted by Gasteiger charge is 2.35. The van der Waals surface area contributed by atoms with Crippen LogP contribution in [-0.2, 0) is 11.2 Å². The van der Waals surface area contributed by atoms with Crippen LogP contribution in [0.4, 0.5) is 8.78 Å². The lowest BCUT2D eigenvalue weighted by atomic mass is 9.90. The Morgan fingerprint density at radius 3 is 2.50 bits per heavy atom. The van der Waals surface area contributed by atoms with Crippen LogP contribution in [0, 0.1) is 17.0 Å². The van der Waals surface area contributed by atoms with E-state index in [-0.39, 0.29) is 35.7 Å². The summed E-state index contributed by atoms with van der Waals surface area (Å²) in [5.41, 5.74) is 5.43. The van der Waals surface area contributed by atoms with Gasteiger partial charge in [0.25, 0.3) is 0 Å². The van der Waals surface area contributed by atoms with Crippen molar-refractivity contribution in [3.63, 3.8) is 0 Å². The Balaban J connectivity index is 0.00000200. The van der Waals surface area contributed by atoms with E-state index in [2.05, 4.69) is 0 Å². The zero-order chi connectivity index (χ0) is 14.0. The van der Waals surface area contributed by atoms with Gasteiger partial charge in [0.05, 0.1) is 6.42 Å². The van der Waals surface area contributed by atoms with Gasteiger partial charge in [-0.1, -0.05) is 13.0 Å². The molecule has 0 radical (unpaired) electrons. The van der Waals surface area contributed by atoms with Gasteiger partial charge in [-0.15, -0.1) is 12.4 Å². The van der Waals surface area contributed by atoms with Gasteiger partial charge in [-0.25, -0.2) is 8.78 Å². The molecule has 0 saturated carbocycles. The number of nitrogens with two attached hydrogens (primary N) is 1. The van der Waals surface area contributed by atoms with Crippen LogP contribution in [0.1, 0.15) is 18.9 Å². The first-order valence-electron chi connectivity index (χ1n) is 6.36. The first-order chi connectivity index (χ1) is 8.95. The van der Waals surface area contributed by atoms with Crippen LogP contribution in [0.15, 0.2) is 18.2 Å². The average Bonchev–Trinajstić information content (AvgIpc) is 2.77. The summed E-state index contributed by atoms with van der Waals surface area (Å²) in [7, 11) is 0. The molecule has 0 spiro atoms. The van der Waals surface area contributed by atoms with Gasteiger partial charge >= 0.3 is 0 Å². The molecule has 20 heavy (non-hydrogen) atoms. The summed E-state index contributed by atoms with van der Waals surface area (Å²) >= 11 is 0. The van der Waals surface area contributed by atoms with E-state index in [1.54, 1.807) is 4.90 Å². The lowest BCUT2D eigenvalue weighted by molar-refractivity contribution is -0.129. The number of hydrogen-bond donors (Lipinski definition) is 1. The van der Waals surface area contributed by atoms with Crippen molar-refractivity contribution in [2.45, 2.75) is 19.8 Å². The lowest BCUT2D eigenvalue weighted by Crippen LogP contribution is -2.35. The Kier molecular flexibility index (Phi) is 5.48. The molecule has 2 N–H and O–H groups in total. The second-order valence-electron chi connectivity index (χ2n) is 5.46. The van der Waals surface area contributed by atoms with Crippen molar-refractivity contribution in [2.24, 2.45) is 11.1 Å². The Hall–Kier alpha value is -1.20. The summed E-state index contributed by atoms with van der Waals surface area (Å²) in [6.45, 7) is 3.68. The average molecular weight is 305 g/mol. The van der Waals surface area contributed by atoms with Gasteiger partial charge in [0.15, 0.2) is 0 Å². The monoisotopic (exact) mass is 304 g/mol. The molecular formula is C14H19ClF2N2O. The molecule has 1 aliphatic rings. The minimum Gasteiger partial charge on any atom is -0.342 e. The smallest absolute Gasteiger partial charge is 0.227 e. The van der Waals surface area contributed by atoms with E-state index in [4.69, 9.17) is 5.73 Å². The molecule has 3 nitrogen and oxygen atoms in total. The van der Waals surface area contributed by atoms with Gasteiger partial charge in [0.2, 0.25) is 5.91 Å². The maximum atomic E-state index is 13.5. The third-order valence-electron chi connectivity index (χ3n) is 3.79. The fourth-order valence-corrected chi connectivity index (χ4v) is 2.37. The van der Waals surface area contributed by atoms with Crippen LogP contribution in [0.25, 0.3) is 0 Å².